The van der Waals surface area contributed by atoms with Gasteiger partial charge in [0.25, 0.3) is 0 Å². The van der Waals surface area contributed by atoms with Gasteiger partial charge in [-0.25, -0.2) is 9.13 Å². The fourth-order valence-electron chi connectivity index (χ4n) is 9.50. The van der Waals surface area contributed by atoms with E-state index in [1.165, 1.54) is 128 Å². The second-order valence-corrected chi connectivity index (χ2v) is 26.8. The number of carbonyl (C=O) groups is 4. The fourth-order valence-corrected chi connectivity index (χ4v) is 11.1. The summed E-state index contributed by atoms with van der Waals surface area (Å²) in [6, 6.07) is 0. The van der Waals surface area contributed by atoms with Gasteiger partial charge in [0.1, 0.15) is 19.3 Å². The number of carbonyl (C=O) groups excluding carboxylic acids is 4. The maximum absolute atomic E-state index is 13.0. The molecule has 17 nitrogen and oxygen atoms in total. The number of rotatable bonds is 63. The third kappa shape index (κ3) is 57.6. The molecule has 19 heteroatoms. The maximum Gasteiger partial charge on any atom is 0.472 e. The highest BCUT2D eigenvalue weighted by molar-refractivity contribution is 7.47. The molecule has 3 N–H and O–H groups in total. The maximum atomic E-state index is 13.0. The third-order valence-electron chi connectivity index (χ3n) is 15.1. The van der Waals surface area contributed by atoms with Gasteiger partial charge in [0, 0.05) is 25.7 Å². The minimum Gasteiger partial charge on any atom is -0.462 e. The second-order valence-electron chi connectivity index (χ2n) is 23.9. The van der Waals surface area contributed by atoms with Crippen molar-refractivity contribution in [2.24, 2.45) is 11.8 Å². The molecule has 0 saturated heterocycles. The molecule has 0 aliphatic rings. The molecule has 0 heterocycles. The monoisotopic (exact) mass is 1230 g/mol. The third-order valence-corrected chi connectivity index (χ3v) is 17.0. The zero-order valence-corrected chi connectivity index (χ0v) is 55.3. The van der Waals surface area contributed by atoms with Crippen LogP contribution in [0.15, 0.2) is 0 Å². The minimum absolute atomic E-state index is 0.0986. The number of hydrogen-bond donors (Lipinski definition) is 3. The second kappa shape index (κ2) is 56.6. The van der Waals surface area contributed by atoms with Crippen LogP contribution in [0.3, 0.4) is 0 Å². The van der Waals surface area contributed by atoms with Crippen molar-refractivity contribution in [2.75, 3.05) is 39.6 Å². The van der Waals surface area contributed by atoms with Crippen LogP contribution in [0.5, 0.6) is 0 Å². The minimum atomic E-state index is -4.94. The highest BCUT2D eigenvalue weighted by Crippen LogP contribution is 2.45. The Balaban J connectivity index is 5.04. The summed E-state index contributed by atoms with van der Waals surface area (Å²) in [4.78, 5) is 71.6. The van der Waals surface area contributed by atoms with Crippen LogP contribution in [0.4, 0.5) is 0 Å². The lowest BCUT2D eigenvalue weighted by Crippen LogP contribution is -2.30. The highest BCUT2D eigenvalue weighted by Gasteiger charge is 2.30. The van der Waals surface area contributed by atoms with Gasteiger partial charge in [0.15, 0.2) is 12.2 Å². The van der Waals surface area contributed by atoms with Crippen molar-refractivity contribution in [1.29, 1.82) is 0 Å². The highest BCUT2D eigenvalue weighted by atomic mass is 31.2. The van der Waals surface area contributed by atoms with E-state index in [0.717, 1.165) is 108 Å². The quantitative estimate of drug-likeness (QED) is 0.0222. The van der Waals surface area contributed by atoms with Gasteiger partial charge >= 0.3 is 39.5 Å². The van der Waals surface area contributed by atoms with Gasteiger partial charge in [0.05, 0.1) is 26.4 Å². The van der Waals surface area contributed by atoms with Gasteiger partial charge in [0.2, 0.25) is 0 Å². The molecule has 0 rings (SSSR count). The van der Waals surface area contributed by atoms with Crippen LogP contribution < -0.4 is 0 Å². The van der Waals surface area contributed by atoms with Crippen LogP contribution in [0.2, 0.25) is 0 Å². The molecule has 0 spiro atoms. The molecule has 0 aromatic rings. The van der Waals surface area contributed by atoms with Gasteiger partial charge in [-0.15, -0.1) is 0 Å². The molecule has 0 aliphatic heterocycles. The van der Waals surface area contributed by atoms with Crippen molar-refractivity contribution in [3.63, 3.8) is 0 Å². The predicted octanol–water partition coefficient (Wildman–Crippen LogP) is 17.7. The number of hydrogen-bond acceptors (Lipinski definition) is 15. The summed E-state index contributed by atoms with van der Waals surface area (Å²) >= 11 is 0. The van der Waals surface area contributed by atoms with Crippen LogP contribution in [-0.4, -0.2) is 96.7 Å². The smallest absolute Gasteiger partial charge is 0.462 e. The van der Waals surface area contributed by atoms with E-state index < -0.39 is 97.5 Å². The summed E-state index contributed by atoms with van der Waals surface area (Å²) < 4.78 is 67.5. The average Bonchev–Trinajstić information content (AvgIpc) is 3.47. The lowest BCUT2D eigenvalue weighted by Gasteiger charge is -2.21. The number of aliphatic hydroxyl groups excluding tert-OH is 1. The van der Waals surface area contributed by atoms with Gasteiger partial charge in [-0.1, -0.05) is 266 Å². The molecule has 492 valence electrons. The van der Waals surface area contributed by atoms with Crippen LogP contribution in [-0.2, 0) is 65.4 Å². The van der Waals surface area contributed by atoms with Crippen molar-refractivity contribution in [1.82, 2.24) is 0 Å². The molecule has 83 heavy (non-hydrogen) atoms. The molecule has 0 saturated carbocycles. The molecular weight excluding hydrogens is 1100 g/mol. The van der Waals surface area contributed by atoms with E-state index >= 15 is 0 Å². The number of unbranched alkanes of at least 4 members (excludes halogenated alkanes) is 32. The molecular formula is C64H124O17P2. The van der Waals surface area contributed by atoms with Crippen molar-refractivity contribution < 1.29 is 80.2 Å². The Morgan fingerprint density at radius 3 is 0.916 bits per heavy atom. The number of phosphoric ester groups is 2. The molecule has 0 aromatic carbocycles. The first-order valence-corrected chi connectivity index (χ1v) is 36.5. The van der Waals surface area contributed by atoms with Crippen LogP contribution in [0.25, 0.3) is 0 Å². The fraction of sp³-hybridized carbons (Fsp3) is 0.938. The standard InChI is InChI=1S/C64H124O17P2/c1-7-10-12-32-40-46-61(66)74-52-59(80-63(68)48-42-33-13-11-8-2)54-78-82(70,71)76-50-58(65)51-77-83(72,73)79-55-60(53-75-62(67)47-41-36-30-27-26-29-35-39-45-57(6)9-3)81-64(69)49-43-37-31-25-23-21-19-17-15-14-16-18-20-22-24-28-34-38-44-56(4)5/h56-60,65H,7-55H2,1-6H3,(H,70,71)(H,72,73)/t57?,58-,59+,60+/m0/s1. The summed E-state index contributed by atoms with van der Waals surface area (Å²) in [6.45, 7) is 9.35. The Hall–Kier alpha value is -1.94. The normalized spacial score (nSPS) is 14.6. The van der Waals surface area contributed by atoms with E-state index in [0.29, 0.717) is 25.7 Å². The first-order chi connectivity index (χ1) is 39.9. The van der Waals surface area contributed by atoms with E-state index in [9.17, 15) is 43.2 Å². The Labute approximate surface area is 505 Å². The summed E-state index contributed by atoms with van der Waals surface area (Å²) in [7, 11) is -9.87. The van der Waals surface area contributed by atoms with Crippen molar-refractivity contribution >= 4 is 39.5 Å². The van der Waals surface area contributed by atoms with E-state index in [-0.39, 0.29) is 25.7 Å². The molecule has 0 bridgehead atoms. The summed E-state index contributed by atoms with van der Waals surface area (Å²) in [5, 5.41) is 10.5. The Bertz CT molecular complexity index is 1630. The molecule has 6 atom stereocenters. The molecule has 0 fully saturated rings. The first kappa shape index (κ1) is 81.1. The van der Waals surface area contributed by atoms with E-state index in [1.54, 1.807) is 0 Å². The van der Waals surface area contributed by atoms with Crippen molar-refractivity contribution in [3.05, 3.63) is 0 Å². The van der Waals surface area contributed by atoms with E-state index in [1.807, 2.05) is 0 Å². The Morgan fingerprint density at radius 2 is 0.614 bits per heavy atom. The Morgan fingerprint density at radius 1 is 0.349 bits per heavy atom. The molecule has 0 radical (unpaired) electrons. The van der Waals surface area contributed by atoms with E-state index in [2.05, 4.69) is 41.5 Å². The lowest BCUT2D eigenvalue weighted by atomic mass is 9.99. The van der Waals surface area contributed by atoms with Gasteiger partial charge in [-0.05, 0) is 37.5 Å². The predicted molar refractivity (Wildman–Crippen MR) is 331 cm³/mol. The topological polar surface area (TPSA) is 237 Å². The summed E-state index contributed by atoms with van der Waals surface area (Å²) in [5.41, 5.74) is 0. The van der Waals surface area contributed by atoms with Crippen LogP contribution in [0.1, 0.15) is 318 Å². The van der Waals surface area contributed by atoms with Gasteiger partial charge in [-0.2, -0.15) is 0 Å². The van der Waals surface area contributed by atoms with Gasteiger partial charge < -0.3 is 33.8 Å². The van der Waals surface area contributed by atoms with Crippen molar-refractivity contribution in [2.45, 2.75) is 336 Å². The molecule has 0 aliphatic carbocycles. The lowest BCUT2D eigenvalue weighted by molar-refractivity contribution is -0.161. The summed E-state index contributed by atoms with van der Waals surface area (Å²) in [6.07, 6.45) is 39.9. The first-order valence-electron chi connectivity index (χ1n) is 33.5. The zero-order chi connectivity index (χ0) is 61.5. The van der Waals surface area contributed by atoms with Crippen LogP contribution in [0, 0.1) is 11.8 Å². The van der Waals surface area contributed by atoms with Gasteiger partial charge in [-0.3, -0.25) is 37.3 Å². The number of aliphatic hydroxyl groups is 1. The molecule has 0 amide bonds. The summed E-state index contributed by atoms with van der Waals surface area (Å²) in [5.74, 6) is -0.559. The largest absolute Gasteiger partial charge is 0.472 e. The van der Waals surface area contributed by atoms with E-state index in [4.69, 9.17) is 37.0 Å². The molecule has 3 unspecified atom stereocenters. The number of phosphoric acid groups is 2. The Kier molecular flexibility index (Phi) is 55.2. The van der Waals surface area contributed by atoms with Crippen LogP contribution >= 0.6 is 15.6 Å². The number of ether oxygens (including phenoxy) is 4. The molecule has 0 aromatic heterocycles. The van der Waals surface area contributed by atoms with Crippen molar-refractivity contribution in [3.8, 4) is 0 Å². The average molecular weight is 1230 g/mol. The number of esters is 4. The SMILES string of the molecule is CCCCCCCC(=O)OC[C@H](COP(=O)(O)OC[C@H](O)COP(=O)(O)OC[C@@H](COC(=O)CCCCCCCCCCC(C)CC)OC(=O)CCCCCCCCCCCCCCCCCCCCC(C)C)OC(=O)CCCCCCC. The zero-order valence-electron chi connectivity index (χ0n) is 53.5.